The molecular weight excluding hydrogens is 605 g/mol. The zero-order valence-electron chi connectivity index (χ0n) is 27.8. The molecule has 11 rings (SSSR count). The summed E-state index contributed by atoms with van der Waals surface area (Å²) in [5, 5.41) is 5.20. The average molecular weight is 639 g/mol. The number of hydrogen-bond donors (Lipinski definition) is 0. The van der Waals surface area contributed by atoms with Gasteiger partial charge in [-0.3, -0.25) is 0 Å². The predicted molar refractivity (Wildman–Crippen MR) is 204 cm³/mol. The molecule has 2 nitrogen and oxygen atoms in total. The SMILES string of the molecule is CC[N+]1=Cc2cccc[n+]2C1c1ccc(-c2cc3c(c4ccccc24)-c2c(ccc4ccccc24)C32c3ccccc3-c3ccccc32)cc1. The Morgan fingerprint density at radius 2 is 1.16 bits per heavy atom. The summed E-state index contributed by atoms with van der Waals surface area (Å²) in [6.45, 7) is 3.18. The molecule has 2 aliphatic carbocycles. The van der Waals surface area contributed by atoms with Crippen molar-refractivity contribution in [1.82, 2.24) is 0 Å². The van der Waals surface area contributed by atoms with Crippen molar-refractivity contribution in [3.05, 3.63) is 197 Å². The molecule has 1 aromatic heterocycles. The summed E-state index contributed by atoms with van der Waals surface area (Å²) in [5.74, 6) is 0. The van der Waals surface area contributed by atoms with Crippen molar-refractivity contribution in [2.45, 2.75) is 18.5 Å². The molecule has 0 bridgehead atoms. The van der Waals surface area contributed by atoms with Crippen LogP contribution in [0.15, 0.2) is 164 Å². The van der Waals surface area contributed by atoms with Gasteiger partial charge in [-0.15, -0.1) is 4.57 Å². The van der Waals surface area contributed by atoms with Crippen LogP contribution in [-0.4, -0.2) is 17.3 Å². The van der Waals surface area contributed by atoms with Crippen molar-refractivity contribution < 1.29 is 9.14 Å². The molecule has 0 radical (unpaired) electrons. The number of rotatable bonds is 3. The second kappa shape index (κ2) is 10.2. The Labute approximate surface area is 291 Å². The van der Waals surface area contributed by atoms with Gasteiger partial charge in [0.15, 0.2) is 6.20 Å². The van der Waals surface area contributed by atoms with E-state index >= 15 is 0 Å². The van der Waals surface area contributed by atoms with E-state index in [0.29, 0.717) is 0 Å². The maximum absolute atomic E-state index is 2.55. The molecule has 0 amide bonds. The first-order valence-electron chi connectivity index (χ1n) is 17.8. The van der Waals surface area contributed by atoms with Gasteiger partial charge in [0.1, 0.15) is 6.54 Å². The van der Waals surface area contributed by atoms with E-state index in [1.807, 2.05) is 0 Å². The summed E-state index contributed by atoms with van der Waals surface area (Å²) in [6.07, 6.45) is 4.64. The number of aromatic nitrogens is 1. The van der Waals surface area contributed by atoms with Crippen LogP contribution in [0.5, 0.6) is 0 Å². The first-order valence-corrected chi connectivity index (χ1v) is 17.8. The van der Waals surface area contributed by atoms with Crippen LogP contribution in [0.3, 0.4) is 0 Å². The third-order valence-electron chi connectivity index (χ3n) is 11.7. The van der Waals surface area contributed by atoms with Gasteiger partial charge in [0, 0.05) is 12.1 Å². The van der Waals surface area contributed by atoms with E-state index in [0.717, 1.165) is 6.54 Å². The first kappa shape index (κ1) is 27.8. The van der Waals surface area contributed by atoms with Gasteiger partial charge < -0.3 is 0 Å². The van der Waals surface area contributed by atoms with Gasteiger partial charge in [0.05, 0.1) is 11.0 Å². The quantitative estimate of drug-likeness (QED) is 0.170. The number of hydrogen-bond acceptors (Lipinski definition) is 0. The van der Waals surface area contributed by atoms with Crippen LogP contribution in [0.4, 0.5) is 0 Å². The molecule has 1 unspecified atom stereocenters. The van der Waals surface area contributed by atoms with E-state index in [2.05, 4.69) is 186 Å². The zero-order chi connectivity index (χ0) is 33.0. The van der Waals surface area contributed by atoms with Gasteiger partial charge in [-0.05, 0) is 108 Å². The molecule has 0 saturated heterocycles. The van der Waals surface area contributed by atoms with Crippen LogP contribution < -0.4 is 4.57 Å². The highest BCUT2D eigenvalue weighted by molar-refractivity contribution is 6.16. The Hall–Kier alpha value is -6.12. The molecular formula is C48H34N2+2. The van der Waals surface area contributed by atoms with E-state index in [-0.39, 0.29) is 6.17 Å². The molecule has 0 fully saturated rings. The van der Waals surface area contributed by atoms with E-state index in [4.69, 9.17) is 0 Å². The highest BCUT2D eigenvalue weighted by Crippen LogP contribution is 2.65. The predicted octanol–water partition coefficient (Wildman–Crippen LogP) is 10.3. The fourth-order valence-corrected chi connectivity index (χ4v) is 9.65. The van der Waals surface area contributed by atoms with Crippen molar-refractivity contribution in [3.8, 4) is 33.4 Å². The molecule has 2 heterocycles. The van der Waals surface area contributed by atoms with Crippen molar-refractivity contribution in [2.75, 3.05) is 6.54 Å². The number of benzene rings is 7. The van der Waals surface area contributed by atoms with Crippen LogP contribution in [-0.2, 0) is 5.41 Å². The fourth-order valence-electron chi connectivity index (χ4n) is 9.65. The Balaban J connectivity index is 1.21. The second-order valence-electron chi connectivity index (χ2n) is 13.9. The van der Waals surface area contributed by atoms with Crippen molar-refractivity contribution in [3.63, 3.8) is 0 Å². The maximum atomic E-state index is 2.55. The van der Waals surface area contributed by atoms with Crippen LogP contribution >= 0.6 is 0 Å². The third-order valence-corrected chi connectivity index (χ3v) is 11.7. The Kier molecular flexibility index (Phi) is 5.67. The van der Waals surface area contributed by atoms with E-state index in [1.54, 1.807) is 0 Å². The monoisotopic (exact) mass is 638 g/mol. The molecule has 2 heteroatoms. The number of nitrogens with zero attached hydrogens (tertiary/aromatic N) is 2. The Morgan fingerprint density at radius 3 is 1.92 bits per heavy atom. The largest absolute Gasteiger partial charge is 0.375 e. The molecule has 50 heavy (non-hydrogen) atoms. The van der Waals surface area contributed by atoms with Gasteiger partial charge in [-0.1, -0.05) is 121 Å². The van der Waals surface area contributed by atoms with Gasteiger partial charge in [0.2, 0.25) is 6.21 Å². The molecule has 234 valence electrons. The lowest BCUT2D eigenvalue weighted by Crippen LogP contribution is -2.43. The highest BCUT2D eigenvalue weighted by atomic mass is 15.3. The van der Waals surface area contributed by atoms with Gasteiger partial charge in [-0.2, -0.15) is 4.58 Å². The average Bonchev–Trinajstić information content (AvgIpc) is 3.82. The molecule has 0 saturated carbocycles. The normalized spacial score (nSPS) is 15.9. The van der Waals surface area contributed by atoms with Crippen molar-refractivity contribution in [1.29, 1.82) is 0 Å². The highest BCUT2D eigenvalue weighted by Gasteiger charge is 2.52. The summed E-state index contributed by atoms with van der Waals surface area (Å²) in [7, 11) is 0. The standard InChI is InChI=1S/C48H34N2/c1-2-49-30-34-14-11-12-28-50(34)47(49)33-24-22-32(23-25-33)40-29-44-46(39-19-6-5-16-36(39)40)45-35-15-4-3-13-31(35)26-27-43(45)48(44)41-20-9-7-17-37(41)38-18-8-10-21-42(38)48/h3-30,47H,2H2,1H3/q+2. The van der Waals surface area contributed by atoms with Crippen molar-refractivity contribution in [2.24, 2.45) is 0 Å². The second-order valence-corrected chi connectivity index (χ2v) is 13.9. The van der Waals surface area contributed by atoms with Crippen LogP contribution in [0.25, 0.3) is 54.9 Å². The van der Waals surface area contributed by atoms with Crippen LogP contribution in [0.1, 0.15) is 46.6 Å². The minimum Gasteiger partial charge on any atom is -0.165 e. The smallest absolute Gasteiger partial charge is 0.165 e. The summed E-state index contributed by atoms with van der Waals surface area (Å²) < 4.78 is 4.80. The minimum absolute atomic E-state index is 0.152. The fraction of sp³-hybridized carbons (Fsp3) is 0.0833. The lowest BCUT2D eigenvalue weighted by molar-refractivity contribution is -0.850. The van der Waals surface area contributed by atoms with Gasteiger partial charge in [0.25, 0.3) is 5.69 Å². The zero-order valence-corrected chi connectivity index (χ0v) is 27.8. The van der Waals surface area contributed by atoms with Crippen LogP contribution in [0.2, 0.25) is 0 Å². The summed E-state index contributed by atoms with van der Waals surface area (Å²) >= 11 is 0. The molecule has 0 N–H and O–H groups in total. The minimum atomic E-state index is -0.414. The molecule has 1 atom stereocenters. The van der Waals surface area contributed by atoms with Crippen LogP contribution in [0, 0.1) is 0 Å². The van der Waals surface area contributed by atoms with Crippen molar-refractivity contribution >= 4 is 27.8 Å². The molecule has 7 aromatic carbocycles. The third kappa shape index (κ3) is 3.48. The summed E-state index contributed by atoms with van der Waals surface area (Å²) in [5.41, 5.74) is 15.6. The Morgan fingerprint density at radius 1 is 0.520 bits per heavy atom. The maximum Gasteiger partial charge on any atom is 0.375 e. The number of pyridine rings is 1. The van der Waals surface area contributed by atoms with E-state index in [9.17, 15) is 0 Å². The summed E-state index contributed by atoms with van der Waals surface area (Å²) in [6, 6.07) is 59.4. The lowest BCUT2D eigenvalue weighted by atomic mass is 9.70. The molecule has 8 aromatic rings. The van der Waals surface area contributed by atoms with Gasteiger partial charge in [-0.25, -0.2) is 0 Å². The lowest BCUT2D eigenvalue weighted by Gasteiger charge is -2.31. The first-order chi connectivity index (χ1) is 24.8. The molecule has 1 spiro atoms. The Bertz CT molecular complexity index is 2710. The molecule has 1 aliphatic heterocycles. The molecule has 3 aliphatic rings. The van der Waals surface area contributed by atoms with Gasteiger partial charge >= 0.3 is 6.17 Å². The van der Waals surface area contributed by atoms with E-state index < -0.39 is 5.41 Å². The topological polar surface area (TPSA) is 6.89 Å². The number of fused-ring (bicyclic) bond motifs is 15. The summed E-state index contributed by atoms with van der Waals surface area (Å²) in [4.78, 5) is 0. The van der Waals surface area contributed by atoms with E-state index in [1.165, 1.54) is 88.4 Å².